The van der Waals surface area contributed by atoms with E-state index in [9.17, 15) is 9.59 Å². The Morgan fingerprint density at radius 1 is 0.565 bits per heavy atom. The molecule has 0 unspecified atom stereocenters. The van der Waals surface area contributed by atoms with Crippen molar-refractivity contribution in [2.45, 2.75) is 113 Å². The van der Waals surface area contributed by atoms with Crippen molar-refractivity contribution >= 4 is 11.6 Å². The fraction of sp³-hybridized carbons (Fsp3) is 0.905. The molecular formula is C21H42O2. The monoisotopic (exact) mass is 326 g/mol. The minimum absolute atomic E-state index is 0. The molecule has 0 saturated carbocycles. The van der Waals surface area contributed by atoms with Crippen LogP contribution in [0, 0.1) is 10.8 Å². The van der Waals surface area contributed by atoms with Crippen molar-refractivity contribution in [2.75, 3.05) is 0 Å². The van der Waals surface area contributed by atoms with E-state index in [0.29, 0.717) is 48.1 Å². The molecule has 0 saturated heterocycles. The second-order valence-electron chi connectivity index (χ2n) is 9.11. The smallest absolute Gasteiger partial charge is 0.132 e. The molecule has 0 bridgehead atoms. The first-order valence-corrected chi connectivity index (χ1v) is 9.03. The van der Waals surface area contributed by atoms with Crippen LogP contribution in [-0.4, -0.2) is 11.6 Å². The minimum atomic E-state index is 0. The van der Waals surface area contributed by atoms with Gasteiger partial charge in [-0.25, -0.2) is 0 Å². The van der Waals surface area contributed by atoms with Gasteiger partial charge in [-0.15, -0.1) is 0 Å². The Morgan fingerprint density at radius 2 is 0.826 bits per heavy atom. The molecule has 0 aromatic heterocycles. The van der Waals surface area contributed by atoms with E-state index in [0.717, 1.165) is 38.5 Å². The first kappa shape index (κ1) is 24.6. The lowest BCUT2D eigenvalue weighted by molar-refractivity contribution is -0.121. The molecule has 0 aliphatic rings. The molecule has 0 aliphatic heterocycles. The van der Waals surface area contributed by atoms with E-state index in [2.05, 4.69) is 41.5 Å². The molecule has 2 heteroatoms. The Kier molecular flexibility index (Phi) is 12.6. The number of hydrogen-bond donors (Lipinski definition) is 0. The van der Waals surface area contributed by atoms with Gasteiger partial charge in [-0.05, 0) is 49.4 Å². The zero-order valence-corrected chi connectivity index (χ0v) is 15.9. The topological polar surface area (TPSA) is 34.1 Å². The van der Waals surface area contributed by atoms with Gasteiger partial charge in [-0.3, -0.25) is 9.59 Å². The van der Waals surface area contributed by atoms with E-state index in [1.807, 2.05) is 0 Å². The molecule has 0 fully saturated rings. The third-order valence-corrected chi connectivity index (χ3v) is 3.93. The van der Waals surface area contributed by atoms with Crippen molar-refractivity contribution in [1.29, 1.82) is 0 Å². The SMILES string of the molecule is C.CC(C)(C)CCCC(=O)CCCCC(=O)CCCC(C)(C)C. The van der Waals surface area contributed by atoms with Crippen molar-refractivity contribution in [3.05, 3.63) is 0 Å². The normalized spacial score (nSPS) is 11.9. The third kappa shape index (κ3) is 19.3. The van der Waals surface area contributed by atoms with E-state index in [-0.39, 0.29) is 7.43 Å². The highest BCUT2D eigenvalue weighted by atomic mass is 16.1. The minimum Gasteiger partial charge on any atom is -0.300 e. The number of ketones is 2. The molecule has 0 aliphatic carbocycles. The second kappa shape index (κ2) is 11.8. The molecule has 2 nitrogen and oxygen atoms in total. The summed E-state index contributed by atoms with van der Waals surface area (Å²) in [6.07, 6.45) is 8.66. The largest absolute Gasteiger partial charge is 0.300 e. The van der Waals surface area contributed by atoms with E-state index in [1.54, 1.807) is 0 Å². The summed E-state index contributed by atoms with van der Waals surface area (Å²) in [5.74, 6) is 0.730. The molecular weight excluding hydrogens is 284 g/mol. The van der Waals surface area contributed by atoms with Crippen molar-refractivity contribution in [2.24, 2.45) is 10.8 Å². The molecule has 138 valence electrons. The fourth-order valence-corrected chi connectivity index (χ4v) is 2.53. The lowest BCUT2D eigenvalue weighted by Gasteiger charge is -2.17. The Balaban J connectivity index is 0. The van der Waals surface area contributed by atoms with Gasteiger partial charge in [0.1, 0.15) is 11.6 Å². The van der Waals surface area contributed by atoms with Crippen LogP contribution in [-0.2, 0) is 9.59 Å². The maximum Gasteiger partial charge on any atom is 0.132 e. The Hall–Kier alpha value is -0.660. The van der Waals surface area contributed by atoms with E-state index in [1.165, 1.54) is 0 Å². The van der Waals surface area contributed by atoms with Gasteiger partial charge < -0.3 is 0 Å². The first-order chi connectivity index (χ1) is 9.99. The van der Waals surface area contributed by atoms with Gasteiger partial charge >= 0.3 is 0 Å². The van der Waals surface area contributed by atoms with Gasteiger partial charge in [0, 0.05) is 25.7 Å². The predicted octanol–water partition coefficient (Wildman–Crippen LogP) is 6.75. The van der Waals surface area contributed by atoms with Crippen molar-refractivity contribution in [3.63, 3.8) is 0 Å². The van der Waals surface area contributed by atoms with Gasteiger partial charge in [-0.1, -0.05) is 49.0 Å². The number of rotatable bonds is 11. The second-order valence-corrected chi connectivity index (χ2v) is 9.11. The molecule has 0 aromatic carbocycles. The Labute approximate surface area is 145 Å². The molecule has 0 heterocycles. The van der Waals surface area contributed by atoms with Gasteiger partial charge in [0.15, 0.2) is 0 Å². The Bertz CT molecular complexity index is 295. The highest BCUT2D eigenvalue weighted by Crippen LogP contribution is 2.23. The first-order valence-electron chi connectivity index (χ1n) is 9.03. The molecule has 0 N–H and O–H groups in total. The zero-order chi connectivity index (χ0) is 17.2. The van der Waals surface area contributed by atoms with E-state index in [4.69, 9.17) is 0 Å². The zero-order valence-electron chi connectivity index (χ0n) is 15.9. The average Bonchev–Trinajstić information content (AvgIpc) is 2.31. The summed E-state index contributed by atoms with van der Waals surface area (Å²) in [4.78, 5) is 23.5. The summed E-state index contributed by atoms with van der Waals surface area (Å²) in [5.41, 5.74) is 0.638. The van der Waals surface area contributed by atoms with Gasteiger partial charge in [-0.2, -0.15) is 0 Å². The van der Waals surface area contributed by atoms with E-state index >= 15 is 0 Å². The maximum absolute atomic E-state index is 11.8. The standard InChI is InChI=1S/C20H38O2.CH4/c1-19(2,3)15-9-13-17(21)11-7-8-12-18(22)14-10-16-20(4,5)6;/h7-16H2,1-6H3;1H4. The molecule has 0 rings (SSSR count). The average molecular weight is 327 g/mol. The van der Waals surface area contributed by atoms with Crippen molar-refractivity contribution < 1.29 is 9.59 Å². The summed E-state index contributed by atoms with van der Waals surface area (Å²) in [6.45, 7) is 13.3. The van der Waals surface area contributed by atoms with Crippen LogP contribution in [0.1, 0.15) is 113 Å². The molecule has 0 spiro atoms. The molecule has 0 atom stereocenters. The van der Waals surface area contributed by atoms with Crippen LogP contribution in [0.3, 0.4) is 0 Å². The Morgan fingerprint density at radius 3 is 1.09 bits per heavy atom. The lowest BCUT2D eigenvalue weighted by Crippen LogP contribution is -2.07. The molecule has 0 aromatic rings. The van der Waals surface area contributed by atoms with Gasteiger partial charge in [0.25, 0.3) is 0 Å². The molecule has 0 radical (unpaired) electrons. The van der Waals surface area contributed by atoms with Crippen molar-refractivity contribution in [1.82, 2.24) is 0 Å². The van der Waals surface area contributed by atoms with Gasteiger partial charge in [0.05, 0.1) is 0 Å². The van der Waals surface area contributed by atoms with Crippen LogP contribution < -0.4 is 0 Å². The summed E-state index contributed by atoms with van der Waals surface area (Å²) < 4.78 is 0. The summed E-state index contributed by atoms with van der Waals surface area (Å²) in [7, 11) is 0. The number of carbonyl (C=O) groups is 2. The number of hydrogen-bond acceptors (Lipinski definition) is 2. The third-order valence-electron chi connectivity index (χ3n) is 3.93. The van der Waals surface area contributed by atoms with Crippen LogP contribution in [0.25, 0.3) is 0 Å². The number of carbonyl (C=O) groups excluding carboxylic acids is 2. The van der Waals surface area contributed by atoms with Gasteiger partial charge in [0.2, 0.25) is 0 Å². The quantitative estimate of drug-likeness (QED) is 0.393. The summed E-state index contributed by atoms with van der Waals surface area (Å²) in [5, 5.41) is 0. The van der Waals surface area contributed by atoms with Crippen LogP contribution in [0.5, 0.6) is 0 Å². The molecule has 0 amide bonds. The number of Topliss-reactive ketones (excluding diaryl/α,β-unsaturated/α-hetero) is 2. The summed E-state index contributed by atoms with van der Waals surface area (Å²) >= 11 is 0. The predicted molar refractivity (Wildman–Crippen MR) is 102 cm³/mol. The van der Waals surface area contributed by atoms with Crippen LogP contribution in [0.15, 0.2) is 0 Å². The fourth-order valence-electron chi connectivity index (χ4n) is 2.53. The van der Waals surface area contributed by atoms with Crippen molar-refractivity contribution in [3.8, 4) is 0 Å². The van der Waals surface area contributed by atoms with E-state index < -0.39 is 0 Å². The van der Waals surface area contributed by atoms with Crippen LogP contribution in [0.2, 0.25) is 0 Å². The van der Waals surface area contributed by atoms with Crippen LogP contribution in [0.4, 0.5) is 0 Å². The maximum atomic E-state index is 11.8. The lowest BCUT2D eigenvalue weighted by atomic mass is 9.89. The summed E-state index contributed by atoms with van der Waals surface area (Å²) in [6, 6.07) is 0. The highest BCUT2D eigenvalue weighted by Gasteiger charge is 2.12. The highest BCUT2D eigenvalue weighted by molar-refractivity contribution is 5.79. The molecule has 23 heavy (non-hydrogen) atoms. The number of unbranched alkanes of at least 4 members (excludes halogenated alkanes) is 1. The van der Waals surface area contributed by atoms with Crippen LogP contribution >= 0.6 is 0 Å².